The molecule has 1 aromatic rings. The minimum atomic E-state index is -0.328. The van der Waals surface area contributed by atoms with Crippen LogP contribution < -0.4 is 0 Å². The van der Waals surface area contributed by atoms with Crippen LogP contribution >= 0.6 is 12.2 Å². The van der Waals surface area contributed by atoms with Crippen LogP contribution in [0.4, 0.5) is 0 Å². The zero-order chi connectivity index (χ0) is 8.81. The first-order valence-corrected chi connectivity index (χ1v) is 3.90. The molecule has 1 rings (SSSR count). The number of hydrogen-bond donors (Lipinski definition) is 0. The molecule has 0 fully saturated rings. The quantitative estimate of drug-likeness (QED) is 0.303. The summed E-state index contributed by atoms with van der Waals surface area (Å²) in [6, 6.07) is 9.10. The Hall–Kier alpha value is -1.38. The maximum Gasteiger partial charge on any atom is 0.0909 e. The Balaban J connectivity index is 2.94. The molecule has 0 radical (unpaired) electrons. The lowest BCUT2D eigenvalue weighted by atomic mass is 10.1. The second kappa shape index (κ2) is 4.49. The van der Waals surface area contributed by atoms with E-state index in [9.17, 15) is 0 Å². The van der Waals surface area contributed by atoms with Gasteiger partial charge in [0.2, 0.25) is 0 Å². The van der Waals surface area contributed by atoms with Gasteiger partial charge in [-0.25, -0.2) is 0 Å². The fourth-order valence-electron chi connectivity index (χ4n) is 0.878. The second-order valence-corrected chi connectivity index (χ2v) is 2.47. The van der Waals surface area contributed by atoms with Gasteiger partial charge in [0.1, 0.15) is 0 Å². The van der Waals surface area contributed by atoms with E-state index in [0.717, 1.165) is 5.56 Å². The fourth-order valence-corrected chi connectivity index (χ4v) is 1.09. The van der Waals surface area contributed by atoms with Gasteiger partial charge in [0, 0.05) is 4.91 Å². The number of rotatable bonds is 3. The summed E-state index contributed by atoms with van der Waals surface area (Å²) in [7, 11) is 0. The fraction of sp³-hybridized carbons (Fsp3) is 0.125. The van der Waals surface area contributed by atoms with Crippen LogP contribution in [0.3, 0.4) is 0 Å². The average molecular weight is 177 g/mol. The maximum atomic E-state index is 8.22. The van der Waals surface area contributed by atoms with Crippen LogP contribution in [0.15, 0.2) is 35.4 Å². The molecule has 1 unspecified atom stereocenters. The van der Waals surface area contributed by atoms with Gasteiger partial charge in [0.25, 0.3) is 0 Å². The van der Waals surface area contributed by atoms with Gasteiger partial charge in [0.15, 0.2) is 0 Å². The summed E-state index contributed by atoms with van der Waals surface area (Å²) in [6.07, 6.45) is 0. The van der Waals surface area contributed by atoms with Crippen molar-refractivity contribution >= 4 is 17.6 Å². The third kappa shape index (κ3) is 2.05. The van der Waals surface area contributed by atoms with E-state index in [2.05, 4.69) is 10.0 Å². The number of thiocarbonyl (C=S) groups is 1. The van der Waals surface area contributed by atoms with Crippen molar-refractivity contribution in [2.45, 2.75) is 6.04 Å². The highest BCUT2D eigenvalue weighted by molar-refractivity contribution is 7.79. The van der Waals surface area contributed by atoms with Crippen LogP contribution in [0.25, 0.3) is 10.4 Å². The summed E-state index contributed by atoms with van der Waals surface area (Å²) in [5, 5.41) is 4.99. The molecule has 0 heterocycles. The van der Waals surface area contributed by atoms with Crippen molar-refractivity contribution in [1.82, 2.24) is 0 Å². The van der Waals surface area contributed by atoms with E-state index >= 15 is 0 Å². The van der Waals surface area contributed by atoms with Gasteiger partial charge in [-0.3, -0.25) is 0 Å². The van der Waals surface area contributed by atoms with Gasteiger partial charge in [0.05, 0.1) is 6.04 Å². The molecule has 4 heteroatoms. The van der Waals surface area contributed by atoms with Gasteiger partial charge in [-0.05, 0) is 16.5 Å². The molecule has 3 nitrogen and oxygen atoms in total. The van der Waals surface area contributed by atoms with E-state index in [0.29, 0.717) is 0 Å². The molecule has 1 atom stereocenters. The van der Waals surface area contributed by atoms with Crippen LogP contribution in [0.1, 0.15) is 11.6 Å². The molecule has 0 aliphatic carbocycles. The zero-order valence-electron chi connectivity index (χ0n) is 6.29. The Morgan fingerprint density at radius 3 is 2.58 bits per heavy atom. The Labute approximate surface area is 75.7 Å². The monoisotopic (exact) mass is 177 g/mol. The van der Waals surface area contributed by atoms with Crippen LogP contribution in [-0.2, 0) is 0 Å². The molecular weight excluding hydrogens is 170 g/mol. The first-order chi connectivity index (χ1) is 5.88. The van der Waals surface area contributed by atoms with Gasteiger partial charge in [-0.1, -0.05) is 47.7 Å². The highest BCUT2D eigenvalue weighted by Crippen LogP contribution is 2.14. The zero-order valence-corrected chi connectivity index (χ0v) is 7.11. The molecule has 0 amide bonds. The second-order valence-electron chi connectivity index (χ2n) is 2.20. The van der Waals surface area contributed by atoms with Crippen molar-refractivity contribution in [2.75, 3.05) is 0 Å². The van der Waals surface area contributed by atoms with Crippen LogP contribution in [0.2, 0.25) is 0 Å². The van der Waals surface area contributed by atoms with Gasteiger partial charge in [-0.15, -0.1) is 0 Å². The topological polar surface area (TPSA) is 48.8 Å². The van der Waals surface area contributed by atoms with E-state index < -0.39 is 0 Å². The lowest BCUT2D eigenvalue weighted by molar-refractivity contribution is 0.977. The van der Waals surface area contributed by atoms with Gasteiger partial charge in [-0.2, -0.15) is 0 Å². The molecule has 0 aromatic heterocycles. The molecule has 60 valence electrons. The molecule has 0 saturated carbocycles. The van der Waals surface area contributed by atoms with Gasteiger partial charge >= 0.3 is 0 Å². The lowest BCUT2D eigenvalue weighted by Crippen LogP contribution is -1.92. The smallest absolute Gasteiger partial charge is 0.0909 e. The van der Waals surface area contributed by atoms with Crippen molar-refractivity contribution in [3.8, 4) is 0 Å². The summed E-state index contributed by atoms with van der Waals surface area (Å²) in [5.74, 6) is 0. The molecule has 1 aromatic carbocycles. The largest absolute Gasteiger partial charge is 0.0927 e. The minimum Gasteiger partial charge on any atom is -0.0927 e. The molecular formula is C8H7N3S. The Bertz CT molecular complexity index is 303. The SMILES string of the molecule is [N-]=[N+]=NC(C=S)c1ccccc1. The third-order valence-corrected chi connectivity index (χ3v) is 1.70. The molecule has 0 N–H and O–H groups in total. The molecule has 0 aliphatic rings. The molecule has 0 spiro atoms. The molecule has 12 heavy (non-hydrogen) atoms. The maximum absolute atomic E-state index is 8.22. The standard InChI is InChI=1S/C8H7N3S/c9-11-10-8(6-12)7-4-2-1-3-5-7/h1-6,8H. The predicted octanol–water partition coefficient (Wildman–Crippen LogP) is 3.04. The summed E-state index contributed by atoms with van der Waals surface area (Å²) in [6.45, 7) is 0. The van der Waals surface area contributed by atoms with E-state index in [-0.39, 0.29) is 6.04 Å². The van der Waals surface area contributed by atoms with E-state index in [1.165, 1.54) is 5.37 Å². The molecule has 0 aliphatic heterocycles. The van der Waals surface area contributed by atoms with Crippen molar-refractivity contribution in [3.05, 3.63) is 46.3 Å². The van der Waals surface area contributed by atoms with E-state index in [4.69, 9.17) is 17.7 Å². The van der Waals surface area contributed by atoms with Crippen molar-refractivity contribution < 1.29 is 0 Å². The summed E-state index contributed by atoms with van der Waals surface area (Å²) >= 11 is 4.73. The number of nitrogens with zero attached hydrogens (tertiary/aromatic N) is 3. The van der Waals surface area contributed by atoms with Crippen LogP contribution in [0, 0.1) is 0 Å². The highest BCUT2D eigenvalue weighted by atomic mass is 32.1. The Morgan fingerprint density at radius 1 is 1.42 bits per heavy atom. The summed E-state index contributed by atoms with van der Waals surface area (Å²) < 4.78 is 0. The first-order valence-electron chi connectivity index (χ1n) is 3.43. The van der Waals surface area contributed by atoms with E-state index in [1.807, 2.05) is 30.3 Å². The highest BCUT2D eigenvalue weighted by Gasteiger charge is 2.02. The van der Waals surface area contributed by atoms with Crippen LogP contribution in [0.5, 0.6) is 0 Å². The molecule has 0 bridgehead atoms. The predicted molar refractivity (Wildman–Crippen MR) is 52.0 cm³/mol. The molecule has 0 saturated heterocycles. The van der Waals surface area contributed by atoms with Crippen molar-refractivity contribution in [1.29, 1.82) is 0 Å². The average Bonchev–Trinajstić information content (AvgIpc) is 2.15. The minimum absolute atomic E-state index is 0.328. The van der Waals surface area contributed by atoms with Crippen LogP contribution in [-0.4, -0.2) is 5.37 Å². The number of hydrogen-bond acceptors (Lipinski definition) is 2. The first kappa shape index (κ1) is 8.71. The Morgan fingerprint density at radius 2 is 2.08 bits per heavy atom. The normalized spacial score (nSPS) is 11.3. The summed E-state index contributed by atoms with van der Waals surface area (Å²) in [4.78, 5) is 2.71. The number of benzene rings is 1. The van der Waals surface area contributed by atoms with Crippen molar-refractivity contribution in [2.24, 2.45) is 5.11 Å². The van der Waals surface area contributed by atoms with Crippen molar-refractivity contribution in [3.63, 3.8) is 0 Å². The Kier molecular flexibility index (Phi) is 3.26. The van der Waals surface area contributed by atoms with Gasteiger partial charge < -0.3 is 0 Å². The lowest BCUT2D eigenvalue weighted by Gasteiger charge is -2.02. The third-order valence-electron chi connectivity index (χ3n) is 1.45. The summed E-state index contributed by atoms with van der Waals surface area (Å²) in [5.41, 5.74) is 9.14. The van der Waals surface area contributed by atoms with E-state index in [1.54, 1.807) is 0 Å². The number of azide groups is 1.